The molecule has 0 radical (unpaired) electrons. The molecule has 3 nitrogen and oxygen atoms in total. The normalized spacial score (nSPS) is 10.8. The minimum absolute atomic E-state index is 0. The largest absolute Gasteiger partial charge is 1.00 e. The van der Waals surface area contributed by atoms with Crippen LogP contribution in [0.2, 0.25) is 0 Å². The zero-order valence-electron chi connectivity index (χ0n) is 6.26. The summed E-state index contributed by atoms with van der Waals surface area (Å²) in [7, 11) is 0. The van der Waals surface area contributed by atoms with Gasteiger partial charge in [0.2, 0.25) is 0 Å². The van der Waals surface area contributed by atoms with Crippen molar-refractivity contribution in [3.05, 3.63) is 11.4 Å². The predicted octanol–water partition coefficient (Wildman–Crippen LogP) is -3.17. The molecule has 0 aromatic rings. The van der Waals surface area contributed by atoms with Gasteiger partial charge in [-0.05, 0) is 6.42 Å². The number of aliphatic carboxylic acids is 1. The van der Waals surface area contributed by atoms with E-state index in [0.29, 0.717) is 12.8 Å². The van der Waals surface area contributed by atoms with E-state index in [1.807, 2.05) is 6.92 Å². The van der Waals surface area contributed by atoms with E-state index in [4.69, 9.17) is 6.57 Å². The van der Waals surface area contributed by atoms with E-state index < -0.39 is 12.0 Å². The SMILES string of the molecule is [C-]#[N+]C(CCC)C(=O)[O-].[K+]. The Labute approximate surface area is 103 Å². The number of rotatable bonds is 3. The van der Waals surface area contributed by atoms with Gasteiger partial charge in [-0.25, -0.2) is 6.57 Å². The van der Waals surface area contributed by atoms with E-state index in [0.717, 1.165) is 0 Å². The standard InChI is InChI=1S/C6H9NO2.K/c1-3-4-5(7-2)6(8)9;/h5H,3-4H2,1H3,(H,8,9);/q;+1/p-1. The molecule has 0 amide bonds. The third-order valence-electron chi connectivity index (χ3n) is 0.990. The van der Waals surface area contributed by atoms with Crippen LogP contribution in [0.4, 0.5) is 0 Å². The van der Waals surface area contributed by atoms with Crippen LogP contribution in [0.15, 0.2) is 0 Å². The van der Waals surface area contributed by atoms with Crippen molar-refractivity contribution in [2.75, 3.05) is 0 Å². The molecule has 50 valence electrons. The quantitative estimate of drug-likeness (QED) is 0.327. The Balaban J connectivity index is 0. The molecule has 0 aliphatic carbocycles. The van der Waals surface area contributed by atoms with Gasteiger partial charge in [-0.1, -0.05) is 6.92 Å². The summed E-state index contributed by atoms with van der Waals surface area (Å²) >= 11 is 0. The Hall–Kier alpha value is 0.596. The minimum Gasteiger partial charge on any atom is -0.543 e. The molecule has 0 aliphatic heterocycles. The molecule has 0 fully saturated rings. The number of carbonyl (C=O) groups excluding carboxylic acids is 1. The molecule has 1 unspecified atom stereocenters. The van der Waals surface area contributed by atoms with Crippen LogP contribution in [0.1, 0.15) is 19.8 Å². The fourth-order valence-electron chi connectivity index (χ4n) is 0.509. The Kier molecular flexibility index (Phi) is 10.2. The van der Waals surface area contributed by atoms with Crippen LogP contribution in [0.3, 0.4) is 0 Å². The fourth-order valence-corrected chi connectivity index (χ4v) is 0.509. The zero-order valence-corrected chi connectivity index (χ0v) is 9.38. The summed E-state index contributed by atoms with van der Waals surface area (Å²) in [5.41, 5.74) is 0. The van der Waals surface area contributed by atoms with Gasteiger partial charge in [0, 0.05) is 6.42 Å². The van der Waals surface area contributed by atoms with Crippen molar-refractivity contribution in [3.8, 4) is 0 Å². The molecule has 0 aliphatic rings. The number of nitrogens with zero attached hydrogens (tertiary/aromatic N) is 1. The molecule has 0 heterocycles. The molecule has 0 spiro atoms. The first-order valence-electron chi connectivity index (χ1n) is 2.79. The second-order valence-electron chi connectivity index (χ2n) is 1.75. The maximum absolute atomic E-state index is 10.00. The summed E-state index contributed by atoms with van der Waals surface area (Å²) in [6.07, 6.45) is 1.10. The summed E-state index contributed by atoms with van der Waals surface area (Å²) in [5, 5.41) is 10.00. The third-order valence-corrected chi connectivity index (χ3v) is 0.990. The van der Waals surface area contributed by atoms with E-state index >= 15 is 0 Å². The summed E-state index contributed by atoms with van der Waals surface area (Å²) in [6, 6.07) is -0.935. The first-order valence-corrected chi connectivity index (χ1v) is 2.79. The minimum atomic E-state index is -1.26. The van der Waals surface area contributed by atoms with Crippen LogP contribution in [0.25, 0.3) is 4.85 Å². The summed E-state index contributed by atoms with van der Waals surface area (Å²) in [5.74, 6) is -1.26. The van der Waals surface area contributed by atoms with Gasteiger partial charge in [0.15, 0.2) is 0 Å². The molecular formula is C6H8KNO2. The summed E-state index contributed by atoms with van der Waals surface area (Å²) in [6.45, 7) is 8.23. The summed E-state index contributed by atoms with van der Waals surface area (Å²) < 4.78 is 0. The Morgan fingerprint density at radius 2 is 2.30 bits per heavy atom. The van der Waals surface area contributed by atoms with E-state index in [1.165, 1.54) is 0 Å². The predicted molar refractivity (Wildman–Crippen MR) is 30.3 cm³/mol. The van der Waals surface area contributed by atoms with Gasteiger partial charge in [-0.2, -0.15) is 0 Å². The summed E-state index contributed by atoms with van der Waals surface area (Å²) in [4.78, 5) is 12.9. The monoisotopic (exact) mass is 165 g/mol. The second-order valence-corrected chi connectivity index (χ2v) is 1.75. The molecule has 1 atom stereocenters. The van der Waals surface area contributed by atoms with Crippen molar-refractivity contribution in [2.24, 2.45) is 0 Å². The van der Waals surface area contributed by atoms with Gasteiger partial charge in [-0.3, -0.25) is 0 Å². The van der Waals surface area contributed by atoms with Gasteiger partial charge in [0.25, 0.3) is 6.04 Å². The van der Waals surface area contributed by atoms with Crippen molar-refractivity contribution in [1.29, 1.82) is 0 Å². The van der Waals surface area contributed by atoms with Gasteiger partial charge < -0.3 is 14.7 Å². The number of carboxylic acid groups (broad SMARTS) is 1. The van der Waals surface area contributed by atoms with Crippen LogP contribution in [-0.4, -0.2) is 12.0 Å². The van der Waals surface area contributed by atoms with Crippen LogP contribution >= 0.6 is 0 Å². The van der Waals surface area contributed by atoms with E-state index in [9.17, 15) is 9.90 Å². The number of hydrogen-bond donors (Lipinski definition) is 0. The maximum Gasteiger partial charge on any atom is 1.00 e. The Morgan fingerprint density at radius 3 is 2.40 bits per heavy atom. The third kappa shape index (κ3) is 5.39. The van der Waals surface area contributed by atoms with Gasteiger partial charge in [-0.15, -0.1) is 0 Å². The fraction of sp³-hybridized carbons (Fsp3) is 0.667. The molecule has 0 N–H and O–H groups in total. The van der Waals surface area contributed by atoms with E-state index in [-0.39, 0.29) is 51.4 Å². The van der Waals surface area contributed by atoms with Gasteiger partial charge in [0.1, 0.15) is 5.97 Å². The topological polar surface area (TPSA) is 44.5 Å². The van der Waals surface area contributed by atoms with Crippen LogP contribution in [-0.2, 0) is 4.79 Å². The first kappa shape index (κ1) is 13.2. The molecule has 0 rings (SSSR count). The molecule has 0 aromatic heterocycles. The number of carbonyl (C=O) groups is 1. The smallest absolute Gasteiger partial charge is 0.543 e. The molecule has 4 heteroatoms. The Bertz CT molecular complexity index is 141. The van der Waals surface area contributed by atoms with Crippen molar-refractivity contribution in [1.82, 2.24) is 0 Å². The number of hydrogen-bond acceptors (Lipinski definition) is 2. The molecule has 0 aromatic carbocycles. The van der Waals surface area contributed by atoms with Crippen molar-refractivity contribution in [3.63, 3.8) is 0 Å². The average molecular weight is 165 g/mol. The average Bonchev–Trinajstić information content (AvgIpc) is 1.82. The van der Waals surface area contributed by atoms with Crippen molar-refractivity contribution >= 4 is 5.97 Å². The van der Waals surface area contributed by atoms with Crippen LogP contribution in [0, 0.1) is 6.57 Å². The van der Waals surface area contributed by atoms with E-state index in [2.05, 4.69) is 4.85 Å². The van der Waals surface area contributed by atoms with E-state index in [1.54, 1.807) is 0 Å². The molecule has 0 bridgehead atoms. The van der Waals surface area contributed by atoms with Crippen LogP contribution in [0.5, 0.6) is 0 Å². The maximum atomic E-state index is 10.00. The van der Waals surface area contributed by atoms with Crippen LogP contribution < -0.4 is 56.5 Å². The van der Waals surface area contributed by atoms with Gasteiger partial charge >= 0.3 is 51.4 Å². The van der Waals surface area contributed by atoms with Crippen molar-refractivity contribution in [2.45, 2.75) is 25.8 Å². The molecular weight excluding hydrogens is 157 g/mol. The number of carboxylic acids is 1. The molecule has 10 heavy (non-hydrogen) atoms. The zero-order chi connectivity index (χ0) is 7.28. The molecule has 0 saturated carbocycles. The molecule has 0 saturated heterocycles. The van der Waals surface area contributed by atoms with Gasteiger partial charge in [0.05, 0.1) is 0 Å². The second kappa shape index (κ2) is 7.70. The van der Waals surface area contributed by atoms with Crippen molar-refractivity contribution < 1.29 is 61.3 Å². The Morgan fingerprint density at radius 1 is 1.80 bits per heavy atom. The first-order chi connectivity index (χ1) is 4.22.